The molecule has 0 aliphatic carbocycles. The maximum absolute atomic E-state index is 12.3. The molecule has 1 atom stereocenters. The Morgan fingerprint density at radius 2 is 1.78 bits per heavy atom. The average Bonchev–Trinajstić information content (AvgIpc) is 2.25. The van der Waals surface area contributed by atoms with Crippen LogP contribution < -0.4 is 10.2 Å². The van der Waals surface area contributed by atoms with Gasteiger partial charge in [-0.15, -0.1) is 0 Å². The van der Waals surface area contributed by atoms with E-state index in [1.807, 2.05) is 27.7 Å². The Labute approximate surface area is 106 Å². The minimum Gasteiger partial charge on any atom is -0.434 e. The maximum atomic E-state index is 12.3. The Morgan fingerprint density at radius 3 is 2.33 bits per heavy atom. The summed E-state index contributed by atoms with van der Waals surface area (Å²) in [5.41, 5.74) is 3.10. The Bertz CT molecular complexity index is 377. The first kappa shape index (κ1) is 14.9. The van der Waals surface area contributed by atoms with E-state index in [4.69, 9.17) is 4.84 Å². The Morgan fingerprint density at radius 1 is 1.17 bits per heavy atom. The summed E-state index contributed by atoms with van der Waals surface area (Å²) in [6.07, 6.45) is 0. The van der Waals surface area contributed by atoms with E-state index >= 15 is 0 Å². The zero-order valence-corrected chi connectivity index (χ0v) is 11.0. The van der Waals surface area contributed by atoms with E-state index in [1.54, 1.807) is 18.2 Å². The molecule has 0 radical (unpaired) electrons. The molecular weight excluding hydrogens is 240 g/mol. The number of hydroxylamine groups is 1. The minimum atomic E-state index is -2.83. The normalized spacial score (nSPS) is 13.7. The summed E-state index contributed by atoms with van der Waals surface area (Å²) in [6, 6.07) is 6.40. The molecule has 0 aliphatic heterocycles. The predicted octanol–water partition coefficient (Wildman–Crippen LogP) is 3.67. The summed E-state index contributed by atoms with van der Waals surface area (Å²) in [5.74, 6) is 0.157. The first-order chi connectivity index (χ1) is 8.29. The van der Waals surface area contributed by atoms with Crippen molar-refractivity contribution in [2.75, 3.05) is 0 Å². The molecular formula is C13H19F2NO2. The number of alkyl halides is 2. The Balaban J connectivity index is 2.75. The first-order valence-electron chi connectivity index (χ1n) is 5.77. The van der Waals surface area contributed by atoms with Crippen LogP contribution in [0.1, 0.15) is 39.3 Å². The first-order valence-corrected chi connectivity index (χ1v) is 5.77. The van der Waals surface area contributed by atoms with Crippen molar-refractivity contribution >= 4 is 0 Å². The number of hydrogen-bond donors (Lipinski definition) is 1. The van der Waals surface area contributed by atoms with Crippen LogP contribution in [0.5, 0.6) is 5.75 Å². The van der Waals surface area contributed by atoms with Gasteiger partial charge in [-0.2, -0.15) is 14.3 Å². The highest BCUT2D eigenvalue weighted by atomic mass is 19.3. The van der Waals surface area contributed by atoms with E-state index in [0.29, 0.717) is 5.56 Å². The van der Waals surface area contributed by atoms with Crippen LogP contribution in [0.3, 0.4) is 0 Å². The van der Waals surface area contributed by atoms with Crippen LogP contribution in [0.25, 0.3) is 0 Å². The van der Waals surface area contributed by atoms with Crippen molar-refractivity contribution in [3.63, 3.8) is 0 Å². The van der Waals surface area contributed by atoms with Crippen molar-refractivity contribution < 1.29 is 18.4 Å². The fraction of sp³-hybridized carbons (Fsp3) is 0.538. The van der Waals surface area contributed by atoms with Crippen LogP contribution in [0.15, 0.2) is 24.3 Å². The van der Waals surface area contributed by atoms with Crippen LogP contribution in [0, 0.1) is 0 Å². The molecule has 0 heterocycles. The van der Waals surface area contributed by atoms with Gasteiger partial charge in [0.15, 0.2) is 0 Å². The van der Waals surface area contributed by atoms with Crippen LogP contribution in [-0.2, 0) is 4.84 Å². The van der Waals surface area contributed by atoms with E-state index in [2.05, 4.69) is 10.2 Å². The molecule has 0 fully saturated rings. The van der Waals surface area contributed by atoms with Gasteiger partial charge in [0.25, 0.3) is 0 Å². The van der Waals surface area contributed by atoms with E-state index in [-0.39, 0.29) is 17.4 Å². The van der Waals surface area contributed by atoms with Gasteiger partial charge in [0.05, 0.1) is 11.6 Å². The second-order valence-corrected chi connectivity index (χ2v) is 4.97. The highest BCUT2D eigenvalue weighted by Crippen LogP contribution is 2.26. The molecule has 18 heavy (non-hydrogen) atoms. The van der Waals surface area contributed by atoms with Gasteiger partial charge in [-0.25, -0.2) is 0 Å². The highest BCUT2D eigenvalue weighted by Gasteiger charge is 2.17. The van der Waals surface area contributed by atoms with Crippen molar-refractivity contribution in [2.24, 2.45) is 0 Å². The molecule has 0 aromatic heterocycles. The van der Waals surface area contributed by atoms with Crippen LogP contribution in [0.2, 0.25) is 0 Å². The summed E-state index contributed by atoms with van der Waals surface area (Å²) >= 11 is 0. The van der Waals surface area contributed by atoms with Gasteiger partial charge in [0, 0.05) is 5.56 Å². The summed E-state index contributed by atoms with van der Waals surface area (Å²) in [7, 11) is 0. The fourth-order valence-corrected chi connectivity index (χ4v) is 1.37. The number of para-hydroxylation sites is 1. The van der Waals surface area contributed by atoms with Crippen LogP contribution in [0.4, 0.5) is 8.78 Å². The smallest absolute Gasteiger partial charge is 0.387 e. The molecule has 1 aromatic rings. The molecule has 0 bridgehead atoms. The molecule has 0 saturated heterocycles. The van der Waals surface area contributed by atoms with E-state index in [1.165, 1.54) is 6.07 Å². The quantitative estimate of drug-likeness (QED) is 0.818. The zero-order valence-electron chi connectivity index (χ0n) is 11.0. The molecule has 1 rings (SSSR count). The largest absolute Gasteiger partial charge is 0.434 e. The molecule has 0 saturated carbocycles. The molecule has 102 valence electrons. The lowest BCUT2D eigenvalue weighted by Gasteiger charge is -2.24. The van der Waals surface area contributed by atoms with Crippen molar-refractivity contribution in [1.82, 2.24) is 5.48 Å². The van der Waals surface area contributed by atoms with Crippen LogP contribution in [-0.4, -0.2) is 12.2 Å². The zero-order chi connectivity index (χ0) is 13.8. The second kappa shape index (κ2) is 6.11. The third-order valence-electron chi connectivity index (χ3n) is 2.14. The summed E-state index contributed by atoms with van der Waals surface area (Å²) in [5, 5.41) is 0. The van der Waals surface area contributed by atoms with Gasteiger partial charge in [-0.05, 0) is 33.8 Å². The SMILES string of the molecule is CC(NOC(C)(C)C)c1ccccc1OC(F)F. The number of rotatable bonds is 5. The minimum absolute atomic E-state index is 0.157. The predicted molar refractivity (Wildman–Crippen MR) is 65.5 cm³/mol. The maximum Gasteiger partial charge on any atom is 0.387 e. The standard InChI is InChI=1S/C13H19F2NO2/c1-9(16-18-13(2,3)4)10-7-5-6-8-11(10)17-12(14)15/h5-9,12,16H,1-4H3. The molecule has 0 spiro atoms. The summed E-state index contributed by atoms with van der Waals surface area (Å²) < 4.78 is 29.0. The Hall–Kier alpha value is -1.20. The number of hydrogen-bond acceptors (Lipinski definition) is 3. The van der Waals surface area contributed by atoms with Crippen LogP contribution >= 0.6 is 0 Å². The van der Waals surface area contributed by atoms with Gasteiger partial charge in [0.1, 0.15) is 5.75 Å². The van der Waals surface area contributed by atoms with Gasteiger partial charge in [0.2, 0.25) is 0 Å². The lowest BCUT2D eigenvalue weighted by Crippen LogP contribution is -2.31. The second-order valence-electron chi connectivity index (χ2n) is 4.97. The number of benzene rings is 1. The van der Waals surface area contributed by atoms with Crippen molar-refractivity contribution in [2.45, 2.75) is 45.9 Å². The molecule has 1 aromatic carbocycles. The fourth-order valence-electron chi connectivity index (χ4n) is 1.37. The average molecular weight is 259 g/mol. The number of nitrogens with one attached hydrogen (secondary N) is 1. The summed E-state index contributed by atoms with van der Waals surface area (Å²) in [4.78, 5) is 5.41. The van der Waals surface area contributed by atoms with Crippen molar-refractivity contribution in [3.8, 4) is 5.75 Å². The lowest BCUT2D eigenvalue weighted by molar-refractivity contribution is -0.0883. The number of ether oxygens (including phenoxy) is 1. The van der Waals surface area contributed by atoms with E-state index < -0.39 is 6.61 Å². The van der Waals surface area contributed by atoms with Gasteiger partial charge in [-0.1, -0.05) is 18.2 Å². The topological polar surface area (TPSA) is 30.5 Å². The molecule has 3 nitrogen and oxygen atoms in total. The van der Waals surface area contributed by atoms with Gasteiger partial charge < -0.3 is 4.74 Å². The molecule has 5 heteroatoms. The Kier molecular flexibility index (Phi) is 5.04. The number of halogens is 2. The van der Waals surface area contributed by atoms with Gasteiger partial charge >= 0.3 is 6.61 Å². The molecule has 1 unspecified atom stereocenters. The van der Waals surface area contributed by atoms with Gasteiger partial charge in [-0.3, -0.25) is 4.84 Å². The third-order valence-corrected chi connectivity index (χ3v) is 2.14. The van der Waals surface area contributed by atoms with E-state index in [9.17, 15) is 8.78 Å². The van der Waals surface area contributed by atoms with Crippen molar-refractivity contribution in [3.05, 3.63) is 29.8 Å². The highest BCUT2D eigenvalue weighted by molar-refractivity contribution is 5.35. The molecule has 0 amide bonds. The molecule has 0 aliphatic rings. The summed E-state index contributed by atoms with van der Waals surface area (Å²) in [6.45, 7) is 4.68. The van der Waals surface area contributed by atoms with E-state index in [0.717, 1.165) is 0 Å². The molecule has 1 N–H and O–H groups in total. The lowest BCUT2D eigenvalue weighted by atomic mass is 10.1. The third kappa shape index (κ3) is 4.98. The monoisotopic (exact) mass is 259 g/mol. The van der Waals surface area contributed by atoms with Crippen molar-refractivity contribution in [1.29, 1.82) is 0 Å².